The predicted molar refractivity (Wildman–Crippen MR) is 72.8 cm³/mol. The fraction of sp³-hybridized carbons (Fsp3) is 0.250. The van der Waals surface area contributed by atoms with Gasteiger partial charge in [-0.15, -0.1) is 0 Å². The number of rotatable bonds is 4. The van der Waals surface area contributed by atoms with Crippen LogP contribution < -0.4 is 0 Å². The number of carbonyl (C=O) groups excluding carboxylic acids is 2. The molecule has 0 aliphatic carbocycles. The van der Waals surface area contributed by atoms with Crippen LogP contribution in [-0.4, -0.2) is 12.1 Å². The molecule has 0 N–H and O–H groups in total. The highest BCUT2D eigenvalue weighted by Gasteiger charge is 2.20. The molecule has 3 nitrogen and oxygen atoms in total. The Morgan fingerprint density at radius 1 is 1.26 bits per heavy atom. The van der Waals surface area contributed by atoms with E-state index in [1.165, 1.54) is 18.6 Å². The lowest BCUT2D eigenvalue weighted by Crippen LogP contribution is -1.97. The first-order valence-corrected chi connectivity index (χ1v) is 6.19. The topological polar surface area (TPSA) is 47.3 Å². The van der Waals surface area contributed by atoms with Gasteiger partial charge in [-0.2, -0.15) is 0 Å². The molecule has 19 heavy (non-hydrogen) atoms. The molecule has 3 heteroatoms. The van der Waals surface area contributed by atoms with E-state index >= 15 is 0 Å². The summed E-state index contributed by atoms with van der Waals surface area (Å²) in [4.78, 5) is 22.4. The van der Waals surface area contributed by atoms with E-state index in [1.807, 2.05) is 38.1 Å². The van der Waals surface area contributed by atoms with Crippen LogP contribution in [0.3, 0.4) is 0 Å². The highest BCUT2D eigenvalue weighted by atomic mass is 16.3. The molecular formula is C16H16O3. The average Bonchev–Trinajstić information content (AvgIpc) is 2.83. The molecular weight excluding hydrogens is 240 g/mol. The van der Waals surface area contributed by atoms with E-state index in [1.54, 1.807) is 0 Å². The van der Waals surface area contributed by atoms with Gasteiger partial charge < -0.3 is 4.42 Å². The van der Waals surface area contributed by atoms with Crippen molar-refractivity contribution in [1.82, 2.24) is 0 Å². The van der Waals surface area contributed by atoms with E-state index < -0.39 is 0 Å². The smallest absolute Gasteiger partial charge is 0.194 e. The number of benzene rings is 1. The molecule has 0 fully saturated rings. The van der Waals surface area contributed by atoms with Crippen molar-refractivity contribution in [1.29, 1.82) is 0 Å². The molecule has 0 aliphatic rings. The molecule has 1 aromatic carbocycles. The maximum atomic E-state index is 11.3. The number of aryl methyl sites for hydroxylation is 1. The molecule has 0 spiro atoms. The van der Waals surface area contributed by atoms with Crippen molar-refractivity contribution in [3.05, 3.63) is 58.5 Å². The largest absolute Gasteiger partial charge is 0.457 e. The summed E-state index contributed by atoms with van der Waals surface area (Å²) in [5.41, 5.74) is 2.67. The number of Topliss-reactive ketones (excluding diaryl/α,β-unsaturated/α-hetero) is 1. The van der Waals surface area contributed by atoms with Crippen LogP contribution in [0.25, 0.3) is 0 Å². The minimum Gasteiger partial charge on any atom is -0.457 e. The van der Waals surface area contributed by atoms with Gasteiger partial charge in [0, 0.05) is 12.8 Å². The fourth-order valence-electron chi connectivity index (χ4n) is 2.03. The van der Waals surface area contributed by atoms with Gasteiger partial charge in [0.15, 0.2) is 17.8 Å². The van der Waals surface area contributed by atoms with Crippen LogP contribution >= 0.6 is 0 Å². The van der Waals surface area contributed by atoms with Crippen molar-refractivity contribution in [2.75, 3.05) is 0 Å². The summed E-state index contributed by atoms with van der Waals surface area (Å²) in [6.45, 7) is 5.40. The summed E-state index contributed by atoms with van der Waals surface area (Å²) in [6.07, 6.45) is 0.732. The molecule has 1 unspecified atom stereocenters. The van der Waals surface area contributed by atoms with Crippen LogP contribution in [-0.2, 0) is 0 Å². The molecule has 0 amide bonds. The third-order valence-corrected chi connectivity index (χ3v) is 3.24. The molecule has 1 aromatic heterocycles. The second kappa shape index (κ2) is 5.22. The van der Waals surface area contributed by atoms with E-state index in [9.17, 15) is 9.59 Å². The van der Waals surface area contributed by atoms with Crippen LogP contribution in [0.1, 0.15) is 57.6 Å². The SMILES string of the molecule is CC(=O)c1cc(C=O)c(C(C)c2ccc(C)cc2)o1. The van der Waals surface area contributed by atoms with Crippen LogP contribution in [0.5, 0.6) is 0 Å². The zero-order chi connectivity index (χ0) is 14.0. The first-order chi connectivity index (χ1) is 9.02. The first-order valence-electron chi connectivity index (χ1n) is 6.19. The van der Waals surface area contributed by atoms with Crippen molar-refractivity contribution >= 4 is 12.1 Å². The molecule has 0 aliphatic heterocycles. The Labute approximate surface area is 112 Å². The van der Waals surface area contributed by atoms with Crippen LogP contribution in [0.2, 0.25) is 0 Å². The zero-order valence-corrected chi connectivity index (χ0v) is 11.3. The Morgan fingerprint density at radius 3 is 2.42 bits per heavy atom. The summed E-state index contributed by atoms with van der Waals surface area (Å²) in [5.74, 6) is 0.541. The summed E-state index contributed by atoms with van der Waals surface area (Å²) in [6, 6.07) is 9.55. The van der Waals surface area contributed by atoms with E-state index in [0.717, 1.165) is 11.8 Å². The molecule has 1 atom stereocenters. The summed E-state index contributed by atoms with van der Waals surface area (Å²) in [5, 5.41) is 0. The molecule has 1 heterocycles. The fourth-order valence-corrected chi connectivity index (χ4v) is 2.03. The Balaban J connectivity index is 2.42. The van der Waals surface area contributed by atoms with Gasteiger partial charge in [-0.3, -0.25) is 9.59 Å². The molecule has 2 rings (SSSR count). The Morgan fingerprint density at radius 2 is 1.89 bits per heavy atom. The Kier molecular flexibility index (Phi) is 3.65. The molecule has 0 bridgehead atoms. The van der Waals surface area contributed by atoms with Crippen molar-refractivity contribution in [2.45, 2.75) is 26.7 Å². The summed E-state index contributed by atoms with van der Waals surface area (Å²) < 4.78 is 5.53. The number of furan rings is 1. The summed E-state index contributed by atoms with van der Waals surface area (Å²) >= 11 is 0. The minimum atomic E-state index is -0.176. The van der Waals surface area contributed by atoms with Gasteiger partial charge >= 0.3 is 0 Å². The number of ketones is 1. The van der Waals surface area contributed by atoms with Crippen molar-refractivity contribution in [3.63, 3.8) is 0 Å². The van der Waals surface area contributed by atoms with E-state index in [2.05, 4.69) is 0 Å². The van der Waals surface area contributed by atoms with E-state index in [4.69, 9.17) is 4.42 Å². The van der Waals surface area contributed by atoms with E-state index in [0.29, 0.717) is 11.3 Å². The maximum Gasteiger partial charge on any atom is 0.194 e. The second-order valence-electron chi connectivity index (χ2n) is 4.74. The normalized spacial score (nSPS) is 12.2. The van der Waals surface area contributed by atoms with Gasteiger partial charge in [0.1, 0.15) is 5.76 Å². The third-order valence-electron chi connectivity index (χ3n) is 3.24. The maximum absolute atomic E-state index is 11.3. The van der Waals surface area contributed by atoms with Gasteiger partial charge in [-0.1, -0.05) is 36.8 Å². The molecule has 2 aromatic rings. The van der Waals surface area contributed by atoms with Crippen LogP contribution in [0, 0.1) is 6.92 Å². The predicted octanol–water partition coefficient (Wildman–Crippen LogP) is 3.75. The minimum absolute atomic E-state index is 0.0612. The molecule has 98 valence electrons. The van der Waals surface area contributed by atoms with Crippen molar-refractivity contribution in [2.24, 2.45) is 0 Å². The second-order valence-corrected chi connectivity index (χ2v) is 4.74. The van der Waals surface area contributed by atoms with E-state index in [-0.39, 0.29) is 17.5 Å². The lowest BCUT2D eigenvalue weighted by Gasteiger charge is -2.10. The monoisotopic (exact) mass is 256 g/mol. The van der Waals surface area contributed by atoms with Gasteiger partial charge in [-0.25, -0.2) is 0 Å². The average molecular weight is 256 g/mol. The highest BCUT2D eigenvalue weighted by Crippen LogP contribution is 2.29. The molecule has 0 saturated heterocycles. The van der Waals surface area contributed by atoms with Crippen LogP contribution in [0.4, 0.5) is 0 Å². The van der Waals surface area contributed by atoms with Crippen molar-refractivity contribution in [3.8, 4) is 0 Å². The number of hydrogen-bond acceptors (Lipinski definition) is 3. The van der Waals surface area contributed by atoms with Gasteiger partial charge in [-0.05, 0) is 18.6 Å². The summed E-state index contributed by atoms with van der Waals surface area (Å²) in [7, 11) is 0. The Bertz CT molecular complexity index is 605. The van der Waals surface area contributed by atoms with Gasteiger partial charge in [0.25, 0.3) is 0 Å². The van der Waals surface area contributed by atoms with Crippen molar-refractivity contribution < 1.29 is 14.0 Å². The zero-order valence-electron chi connectivity index (χ0n) is 11.3. The quantitative estimate of drug-likeness (QED) is 0.618. The molecule has 0 radical (unpaired) electrons. The van der Waals surface area contributed by atoms with Crippen LogP contribution in [0.15, 0.2) is 34.7 Å². The standard InChI is InChI=1S/C16H16O3/c1-10-4-6-13(7-5-10)11(2)16-14(9-17)8-15(19-16)12(3)18/h4-9,11H,1-3H3. The number of hydrogen-bond donors (Lipinski definition) is 0. The lowest BCUT2D eigenvalue weighted by molar-refractivity contribution is 0.0984. The Hall–Kier alpha value is -2.16. The number of carbonyl (C=O) groups is 2. The highest BCUT2D eigenvalue weighted by molar-refractivity contribution is 5.93. The molecule has 0 saturated carbocycles. The van der Waals surface area contributed by atoms with Gasteiger partial charge in [0.2, 0.25) is 0 Å². The third kappa shape index (κ3) is 2.65. The van der Waals surface area contributed by atoms with Gasteiger partial charge in [0.05, 0.1) is 5.56 Å². The number of aldehydes is 1. The first kappa shape index (κ1) is 13.3. The lowest BCUT2D eigenvalue weighted by atomic mass is 9.95.